The van der Waals surface area contributed by atoms with E-state index in [1.54, 1.807) is 0 Å². The van der Waals surface area contributed by atoms with Crippen LogP contribution in [0.25, 0.3) is 0 Å². The monoisotopic (exact) mass is 288 g/mol. The Morgan fingerprint density at radius 1 is 0.800 bits per heavy atom. The van der Waals surface area contributed by atoms with Crippen molar-refractivity contribution in [2.45, 2.75) is 57.8 Å². The summed E-state index contributed by atoms with van der Waals surface area (Å²) in [6.45, 7) is -0.501. The van der Waals surface area contributed by atoms with Gasteiger partial charge >= 0.3 is 0 Å². The molecule has 0 amide bonds. The Morgan fingerprint density at radius 2 is 1.30 bits per heavy atom. The molecular formula is C14H24O6-2. The first-order valence-electron chi connectivity index (χ1n) is 7.11. The van der Waals surface area contributed by atoms with E-state index in [-0.39, 0.29) is 32.5 Å². The Labute approximate surface area is 119 Å². The Balaban J connectivity index is 4.01. The van der Waals surface area contributed by atoms with Gasteiger partial charge in [0.15, 0.2) is 0 Å². The Morgan fingerprint density at radius 3 is 1.75 bits per heavy atom. The highest BCUT2D eigenvalue weighted by Crippen LogP contribution is 2.32. The molecular weight excluding hydrogens is 264 g/mol. The molecule has 0 aromatic rings. The van der Waals surface area contributed by atoms with Crippen LogP contribution >= 0.6 is 0 Å². The van der Waals surface area contributed by atoms with E-state index < -0.39 is 17.4 Å². The molecule has 0 saturated heterocycles. The third-order valence-corrected chi connectivity index (χ3v) is 3.65. The number of unbranched alkanes of at least 4 members (excludes halogenated alkanes) is 4. The zero-order valence-electron chi connectivity index (χ0n) is 11.8. The summed E-state index contributed by atoms with van der Waals surface area (Å²) < 4.78 is 0. The van der Waals surface area contributed by atoms with Crippen molar-refractivity contribution in [2.24, 2.45) is 5.41 Å². The predicted molar refractivity (Wildman–Crippen MR) is 68.2 cm³/mol. The van der Waals surface area contributed by atoms with Gasteiger partial charge in [0.2, 0.25) is 0 Å². The van der Waals surface area contributed by atoms with Gasteiger partial charge in [-0.3, -0.25) is 0 Å². The van der Waals surface area contributed by atoms with Crippen LogP contribution in [0.3, 0.4) is 0 Å². The number of carbonyl (C=O) groups is 2. The first-order valence-corrected chi connectivity index (χ1v) is 7.11. The molecule has 0 fully saturated rings. The molecule has 2 N–H and O–H groups in total. The van der Waals surface area contributed by atoms with E-state index >= 15 is 0 Å². The van der Waals surface area contributed by atoms with Crippen LogP contribution in [0.2, 0.25) is 0 Å². The molecule has 0 radical (unpaired) electrons. The molecule has 0 rings (SSSR count). The summed E-state index contributed by atoms with van der Waals surface area (Å²) in [6, 6.07) is 0. The first kappa shape index (κ1) is 18.9. The predicted octanol–water partition coefficient (Wildman–Crippen LogP) is -1.03. The minimum absolute atomic E-state index is 0.0536. The van der Waals surface area contributed by atoms with Crippen molar-refractivity contribution >= 4 is 11.9 Å². The van der Waals surface area contributed by atoms with Crippen LogP contribution in [-0.4, -0.2) is 35.4 Å². The largest absolute Gasteiger partial charge is 0.550 e. The summed E-state index contributed by atoms with van der Waals surface area (Å²) in [6.07, 6.45) is 4.19. The van der Waals surface area contributed by atoms with Gasteiger partial charge in [-0.1, -0.05) is 25.7 Å². The lowest BCUT2D eigenvalue weighted by atomic mass is 9.77. The number of aliphatic hydroxyl groups excluding tert-OH is 2. The molecule has 0 saturated carbocycles. The van der Waals surface area contributed by atoms with Crippen LogP contribution in [-0.2, 0) is 9.59 Å². The van der Waals surface area contributed by atoms with E-state index in [1.807, 2.05) is 0 Å². The molecule has 0 unspecified atom stereocenters. The van der Waals surface area contributed by atoms with Crippen LogP contribution in [0.4, 0.5) is 0 Å². The molecule has 0 aromatic heterocycles. The van der Waals surface area contributed by atoms with Gasteiger partial charge in [-0.25, -0.2) is 0 Å². The van der Waals surface area contributed by atoms with E-state index in [0.717, 1.165) is 19.3 Å². The van der Waals surface area contributed by atoms with Crippen molar-refractivity contribution in [1.29, 1.82) is 0 Å². The minimum atomic E-state index is -1.22. The maximum atomic E-state index is 11.2. The van der Waals surface area contributed by atoms with Crippen LogP contribution in [0.15, 0.2) is 0 Å². The van der Waals surface area contributed by atoms with Crippen LogP contribution < -0.4 is 10.2 Å². The van der Waals surface area contributed by atoms with Gasteiger partial charge in [0, 0.05) is 30.6 Å². The molecule has 0 spiro atoms. The quantitative estimate of drug-likeness (QED) is 0.418. The van der Waals surface area contributed by atoms with Crippen LogP contribution in [0.1, 0.15) is 57.8 Å². The minimum Gasteiger partial charge on any atom is -0.550 e. The smallest absolute Gasteiger partial charge is 0.0477 e. The third kappa shape index (κ3) is 7.45. The van der Waals surface area contributed by atoms with E-state index in [9.17, 15) is 19.8 Å². The summed E-state index contributed by atoms with van der Waals surface area (Å²) in [5.41, 5.74) is -1.16. The average molecular weight is 288 g/mol. The van der Waals surface area contributed by atoms with Crippen molar-refractivity contribution in [3.05, 3.63) is 0 Å². The summed E-state index contributed by atoms with van der Waals surface area (Å²) in [4.78, 5) is 21.4. The SMILES string of the molecule is O=C([O-])CCCCCCCC(CCO)(CCO)C(=O)[O-]. The molecule has 6 heteroatoms. The number of hydrogen-bond acceptors (Lipinski definition) is 6. The maximum Gasteiger partial charge on any atom is 0.0477 e. The van der Waals surface area contributed by atoms with Gasteiger partial charge in [0.25, 0.3) is 0 Å². The molecule has 0 aliphatic heterocycles. The van der Waals surface area contributed by atoms with Crippen molar-refractivity contribution in [3.63, 3.8) is 0 Å². The van der Waals surface area contributed by atoms with Gasteiger partial charge < -0.3 is 30.0 Å². The third-order valence-electron chi connectivity index (χ3n) is 3.65. The number of aliphatic hydroxyl groups is 2. The second kappa shape index (κ2) is 10.6. The highest BCUT2D eigenvalue weighted by Gasteiger charge is 2.30. The van der Waals surface area contributed by atoms with Gasteiger partial charge in [-0.2, -0.15) is 0 Å². The van der Waals surface area contributed by atoms with Crippen LogP contribution in [0.5, 0.6) is 0 Å². The second-order valence-electron chi connectivity index (χ2n) is 5.15. The molecule has 20 heavy (non-hydrogen) atoms. The molecule has 0 aliphatic rings. The fourth-order valence-corrected chi connectivity index (χ4v) is 2.37. The van der Waals surface area contributed by atoms with E-state index in [0.29, 0.717) is 19.3 Å². The second-order valence-corrected chi connectivity index (χ2v) is 5.15. The fourth-order valence-electron chi connectivity index (χ4n) is 2.37. The number of rotatable bonds is 13. The number of carboxylic acid groups (broad SMARTS) is 2. The van der Waals surface area contributed by atoms with Gasteiger partial charge in [0.05, 0.1) is 0 Å². The zero-order valence-corrected chi connectivity index (χ0v) is 11.8. The Bertz CT molecular complexity index is 283. The highest BCUT2D eigenvalue weighted by atomic mass is 16.4. The van der Waals surface area contributed by atoms with E-state index in [4.69, 9.17) is 10.2 Å². The van der Waals surface area contributed by atoms with Crippen molar-refractivity contribution < 1.29 is 30.0 Å². The molecule has 0 aromatic carbocycles. The Hall–Kier alpha value is -1.14. The number of aliphatic carboxylic acids is 2. The van der Waals surface area contributed by atoms with Crippen molar-refractivity contribution in [1.82, 2.24) is 0 Å². The summed E-state index contributed by atoms with van der Waals surface area (Å²) >= 11 is 0. The maximum absolute atomic E-state index is 11.2. The fraction of sp³-hybridized carbons (Fsp3) is 0.857. The zero-order chi connectivity index (χ0) is 15.4. The molecule has 118 valence electrons. The topological polar surface area (TPSA) is 121 Å². The first-order chi connectivity index (χ1) is 9.48. The number of hydrogen-bond donors (Lipinski definition) is 2. The lowest BCUT2D eigenvalue weighted by molar-refractivity contribution is -0.321. The van der Waals surface area contributed by atoms with Crippen molar-refractivity contribution in [2.75, 3.05) is 13.2 Å². The highest BCUT2D eigenvalue weighted by molar-refractivity contribution is 5.72. The number of carboxylic acids is 2. The van der Waals surface area contributed by atoms with Gasteiger partial charge in [-0.05, 0) is 32.1 Å². The molecule has 0 atom stereocenters. The molecule has 0 aliphatic carbocycles. The molecule has 0 heterocycles. The summed E-state index contributed by atoms with van der Waals surface area (Å²) in [5, 5.41) is 39.4. The molecule has 6 nitrogen and oxygen atoms in total. The Kier molecular flexibility index (Phi) is 10.0. The lowest BCUT2D eigenvalue weighted by Crippen LogP contribution is -2.43. The van der Waals surface area contributed by atoms with Gasteiger partial charge in [0.1, 0.15) is 0 Å². The average Bonchev–Trinajstić information content (AvgIpc) is 2.37. The summed E-state index contributed by atoms with van der Waals surface area (Å²) in [5.74, 6) is -2.27. The summed E-state index contributed by atoms with van der Waals surface area (Å²) in [7, 11) is 0. The lowest BCUT2D eigenvalue weighted by Gasteiger charge is -2.34. The standard InChI is InChI=1S/C14H26O6/c15-10-8-14(9-11-16,13(19)20)7-5-3-1-2-4-6-12(17)18/h15-16H,1-11H2,(H,17,18)(H,19,20)/p-2. The van der Waals surface area contributed by atoms with Gasteiger partial charge in [-0.15, -0.1) is 0 Å². The molecule has 0 bridgehead atoms. The van der Waals surface area contributed by atoms with Crippen molar-refractivity contribution in [3.8, 4) is 0 Å². The normalized spacial score (nSPS) is 11.5. The van der Waals surface area contributed by atoms with Crippen LogP contribution in [0, 0.1) is 5.41 Å². The number of carbonyl (C=O) groups excluding carboxylic acids is 2. The van der Waals surface area contributed by atoms with E-state index in [2.05, 4.69) is 0 Å². The van der Waals surface area contributed by atoms with E-state index in [1.165, 1.54) is 0 Å².